The topological polar surface area (TPSA) is 107 Å². The molecule has 6 nitrogen and oxygen atoms in total. The third-order valence-corrected chi connectivity index (χ3v) is 7.89. The molecule has 1 heterocycles. The zero-order valence-corrected chi connectivity index (χ0v) is 21.3. The second-order valence-electron chi connectivity index (χ2n) is 9.79. The summed E-state index contributed by atoms with van der Waals surface area (Å²) in [5, 5.41) is 34.0. The number of allylic oxidation sites excluding steroid dienone is 2. The standard InChI is InChI=1S/C28H37NO5S/c1-28(2)26(33)22(10-5-3-4-6-12-25(32)29-15-16-30)23(27(28)34)14-13-20(31)18-21-17-19-9-7-8-11-24(19)35-21/h3,5,7-9,11,13-14,17,20,22-23,27,30-31,34H,4,6,10,12,15-16,18H2,1-2H3,(H,29,32). The summed E-state index contributed by atoms with van der Waals surface area (Å²) < 4.78 is 1.19. The van der Waals surface area contributed by atoms with Crippen molar-refractivity contribution in [3.05, 3.63) is 59.5 Å². The number of carbonyl (C=O) groups is 2. The average molecular weight is 500 g/mol. The van der Waals surface area contributed by atoms with Crippen molar-refractivity contribution >= 4 is 33.1 Å². The zero-order valence-electron chi connectivity index (χ0n) is 20.5. The quantitative estimate of drug-likeness (QED) is 0.263. The van der Waals surface area contributed by atoms with E-state index in [2.05, 4.69) is 23.5 Å². The highest BCUT2D eigenvalue weighted by molar-refractivity contribution is 7.19. The molecule has 4 atom stereocenters. The smallest absolute Gasteiger partial charge is 0.220 e. The van der Waals surface area contributed by atoms with Crippen molar-refractivity contribution in [1.82, 2.24) is 5.32 Å². The normalized spacial score (nSPS) is 23.0. The predicted octanol–water partition coefficient (Wildman–Crippen LogP) is 3.79. The van der Waals surface area contributed by atoms with Gasteiger partial charge in [0.1, 0.15) is 5.78 Å². The van der Waals surface area contributed by atoms with E-state index in [1.807, 2.05) is 30.4 Å². The molecule has 3 rings (SSSR count). The fourth-order valence-electron chi connectivity index (χ4n) is 4.70. The van der Waals surface area contributed by atoms with Crippen LogP contribution in [-0.2, 0) is 16.0 Å². The third-order valence-electron chi connectivity index (χ3n) is 6.75. The van der Waals surface area contributed by atoms with Gasteiger partial charge in [0.2, 0.25) is 5.91 Å². The lowest BCUT2D eigenvalue weighted by Crippen LogP contribution is -2.31. The molecule has 1 amide bonds. The van der Waals surface area contributed by atoms with Gasteiger partial charge in [0.05, 0.1) is 24.2 Å². The van der Waals surface area contributed by atoms with Crippen LogP contribution in [0.15, 0.2) is 54.6 Å². The molecule has 0 radical (unpaired) electrons. The highest BCUT2D eigenvalue weighted by Gasteiger charge is 2.52. The minimum atomic E-state index is -0.839. The fourth-order valence-corrected chi connectivity index (χ4v) is 5.81. The molecule has 4 N–H and O–H groups in total. The maximum absolute atomic E-state index is 13.0. The monoisotopic (exact) mass is 499 g/mol. The SMILES string of the molecule is CC1(C)C(=O)C(CC=CCCCC(=O)NCCO)C(C=CC(O)Cc2cc3ccccc3s2)C1O. The second kappa shape index (κ2) is 12.6. The molecule has 7 heteroatoms. The first-order valence-corrected chi connectivity index (χ1v) is 13.1. The van der Waals surface area contributed by atoms with Crippen molar-refractivity contribution in [1.29, 1.82) is 0 Å². The Balaban J connectivity index is 1.56. The summed E-state index contributed by atoms with van der Waals surface area (Å²) >= 11 is 1.67. The number of Topliss-reactive ketones (excluding diaryl/α,β-unsaturated/α-hetero) is 1. The number of unbranched alkanes of at least 4 members (excludes halogenated alkanes) is 1. The van der Waals surface area contributed by atoms with Crippen LogP contribution >= 0.6 is 11.3 Å². The van der Waals surface area contributed by atoms with Gasteiger partial charge >= 0.3 is 0 Å². The zero-order chi connectivity index (χ0) is 25.4. The number of aliphatic hydroxyl groups is 3. The maximum atomic E-state index is 13.0. The Labute approximate surface area is 211 Å². The van der Waals surface area contributed by atoms with Gasteiger partial charge in [-0.15, -0.1) is 11.3 Å². The molecule has 2 aromatic rings. The van der Waals surface area contributed by atoms with E-state index in [1.54, 1.807) is 31.3 Å². The molecule has 0 bridgehead atoms. The van der Waals surface area contributed by atoms with Crippen molar-refractivity contribution < 1.29 is 24.9 Å². The Morgan fingerprint density at radius 2 is 2.03 bits per heavy atom. The number of hydrogen-bond acceptors (Lipinski definition) is 6. The average Bonchev–Trinajstić information content (AvgIpc) is 3.30. The minimum Gasteiger partial charge on any atom is -0.395 e. The lowest BCUT2D eigenvalue weighted by Gasteiger charge is -2.22. The van der Waals surface area contributed by atoms with Crippen LogP contribution in [0, 0.1) is 17.3 Å². The first-order chi connectivity index (χ1) is 16.7. The van der Waals surface area contributed by atoms with Gasteiger partial charge in [-0.25, -0.2) is 0 Å². The van der Waals surface area contributed by atoms with Gasteiger partial charge in [0.25, 0.3) is 0 Å². The van der Waals surface area contributed by atoms with Crippen LogP contribution in [-0.4, -0.2) is 52.4 Å². The first-order valence-electron chi connectivity index (χ1n) is 12.3. The van der Waals surface area contributed by atoms with Crippen LogP contribution in [0.3, 0.4) is 0 Å². The molecule has 1 saturated carbocycles. The van der Waals surface area contributed by atoms with Gasteiger partial charge in [0.15, 0.2) is 0 Å². The fraction of sp³-hybridized carbons (Fsp3) is 0.500. The summed E-state index contributed by atoms with van der Waals surface area (Å²) in [4.78, 5) is 25.7. The molecule has 0 saturated heterocycles. The number of nitrogens with one attached hydrogen (secondary N) is 1. The molecule has 1 aromatic carbocycles. The van der Waals surface area contributed by atoms with Crippen LogP contribution < -0.4 is 5.32 Å². The lowest BCUT2D eigenvalue weighted by molar-refractivity contribution is -0.129. The maximum Gasteiger partial charge on any atom is 0.220 e. The number of fused-ring (bicyclic) bond motifs is 1. The van der Waals surface area contributed by atoms with Crippen molar-refractivity contribution in [2.24, 2.45) is 17.3 Å². The van der Waals surface area contributed by atoms with Crippen LogP contribution in [0.5, 0.6) is 0 Å². The Hall–Kier alpha value is -2.32. The van der Waals surface area contributed by atoms with Gasteiger partial charge in [-0.05, 0) is 36.8 Å². The molecule has 1 aromatic heterocycles. The van der Waals surface area contributed by atoms with Crippen molar-refractivity contribution in [2.45, 2.75) is 58.2 Å². The number of hydrogen-bond donors (Lipinski definition) is 4. The Kier molecular flexibility index (Phi) is 9.80. The number of rotatable bonds is 12. The number of thiophene rings is 1. The van der Waals surface area contributed by atoms with Crippen LogP contribution in [0.25, 0.3) is 10.1 Å². The molecule has 35 heavy (non-hydrogen) atoms. The van der Waals surface area contributed by atoms with E-state index in [9.17, 15) is 19.8 Å². The van der Waals surface area contributed by atoms with Crippen LogP contribution in [0.1, 0.15) is 44.4 Å². The molecule has 190 valence electrons. The summed E-state index contributed by atoms with van der Waals surface area (Å²) in [7, 11) is 0. The third kappa shape index (κ3) is 7.10. The summed E-state index contributed by atoms with van der Waals surface area (Å²) in [5.41, 5.74) is -0.839. The molecule has 0 spiro atoms. The predicted molar refractivity (Wildman–Crippen MR) is 140 cm³/mol. The van der Waals surface area contributed by atoms with Crippen molar-refractivity contribution in [3.63, 3.8) is 0 Å². The van der Waals surface area contributed by atoms with Gasteiger partial charge in [-0.2, -0.15) is 0 Å². The van der Waals surface area contributed by atoms with E-state index in [1.165, 1.54) is 10.1 Å². The molecule has 4 unspecified atom stereocenters. The van der Waals surface area contributed by atoms with Crippen molar-refractivity contribution in [3.8, 4) is 0 Å². The number of ketones is 1. The molecule has 0 aliphatic heterocycles. The Morgan fingerprint density at radius 1 is 1.26 bits per heavy atom. The van der Waals surface area contributed by atoms with Crippen molar-refractivity contribution in [2.75, 3.05) is 13.2 Å². The van der Waals surface area contributed by atoms with Crippen LogP contribution in [0.4, 0.5) is 0 Å². The van der Waals surface area contributed by atoms with Gasteiger partial charge < -0.3 is 20.6 Å². The molecule has 1 fully saturated rings. The summed E-state index contributed by atoms with van der Waals surface area (Å²) in [6.07, 6.45) is 8.76. The number of carbonyl (C=O) groups excluding carboxylic acids is 2. The summed E-state index contributed by atoms with van der Waals surface area (Å²) in [6.45, 7) is 3.76. The second-order valence-corrected chi connectivity index (χ2v) is 11.0. The molecule has 1 aliphatic rings. The first kappa shape index (κ1) is 27.3. The highest BCUT2D eigenvalue weighted by atomic mass is 32.1. The Morgan fingerprint density at radius 3 is 2.77 bits per heavy atom. The van der Waals surface area contributed by atoms with Gasteiger partial charge in [0, 0.05) is 40.8 Å². The summed E-state index contributed by atoms with van der Waals surface area (Å²) in [5.74, 6) is -0.755. The van der Waals surface area contributed by atoms with E-state index in [-0.39, 0.29) is 36.7 Å². The van der Waals surface area contributed by atoms with E-state index in [0.29, 0.717) is 32.1 Å². The largest absolute Gasteiger partial charge is 0.395 e. The van der Waals surface area contributed by atoms with E-state index < -0.39 is 17.6 Å². The minimum absolute atomic E-state index is 0.0340. The van der Waals surface area contributed by atoms with E-state index in [4.69, 9.17) is 5.11 Å². The van der Waals surface area contributed by atoms with E-state index >= 15 is 0 Å². The highest BCUT2D eigenvalue weighted by Crippen LogP contribution is 2.44. The van der Waals surface area contributed by atoms with Crippen LogP contribution in [0.2, 0.25) is 0 Å². The molecule has 1 aliphatic carbocycles. The molecular weight excluding hydrogens is 462 g/mol. The molecular formula is C28H37NO5S. The lowest BCUT2D eigenvalue weighted by atomic mass is 9.86. The van der Waals surface area contributed by atoms with Gasteiger partial charge in [-0.3, -0.25) is 9.59 Å². The number of benzene rings is 1. The Bertz CT molecular complexity index is 1020. The van der Waals surface area contributed by atoms with Gasteiger partial charge in [-0.1, -0.05) is 56.4 Å². The summed E-state index contributed by atoms with van der Waals surface area (Å²) in [6, 6.07) is 10.2. The number of amides is 1. The van der Waals surface area contributed by atoms with E-state index in [0.717, 1.165) is 4.88 Å². The number of aliphatic hydroxyl groups excluding tert-OH is 3.